The third-order valence-electron chi connectivity index (χ3n) is 5.17. The van der Waals surface area contributed by atoms with Crippen molar-refractivity contribution in [2.24, 2.45) is 0 Å². The van der Waals surface area contributed by atoms with E-state index in [1.807, 2.05) is 55.1 Å². The average molecular weight is 412 g/mol. The topological polar surface area (TPSA) is 52.7 Å². The number of nitrogens with one attached hydrogen (secondary N) is 1. The van der Waals surface area contributed by atoms with Gasteiger partial charge < -0.3 is 10.2 Å². The minimum Gasteiger partial charge on any atom is -0.340 e. The number of carbonyl (C=O) groups excluding carboxylic acids is 2. The molecule has 0 aromatic heterocycles. The number of thioether (sulfide) groups is 1. The van der Waals surface area contributed by atoms with Gasteiger partial charge in [-0.15, -0.1) is 11.8 Å². The first-order valence-corrected chi connectivity index (χ1v) is 11.1. The minimum absolute atomic E-state index is 0.00133. The predicted octanol–water partition coefficient (Wildman–Crippen LogP) is 3.57. The summed E-state index contributed by atoms with van der Waals surface area (Å²) in [7, 11) is 0. The molecule has 3 rings (SSSR count). The van der Waals surface area contributed by atoms with Gasteiger partial charge in [-0.3, -0.25) is 14.5 Å². The van der Waals surface area contributed by atoms with Crippen molar-refractivity contribution in [3.63, 3.8) is 0 Å². The highest BCUT2D eigenvalue weighted by atomic mass is 32.2. The summed E-state index contributed by atoms with van der Waals surface area (Å²) in [5.41, 5.74) is 3.05. The Labute approximate surface area is 177 Å². The van der Waals surface area contributed by atoms with Crippen LogP contribution in [0, 0.1) is 13.8 Å². The summed E-state index contributed by atoms with van der Waals surface area (Å²) in [4.78, 5) is 30.1. The number of para-hydroxylation sites is 1. The molecule has 29 heavy (non-hydrogen) atoms. The highest BCUT2D eigenvalue weighted by Gasteiger charge is 2.22. The van der Waals surface area contributed by atoms with Crippen molar-refractivity contribution in [2.75, 3.05) is 43.8 Å². The highest BCUT2D eigenvalue weighted by Crippen LogP contribution is 2.20. The van der Waals surface area contributed by atoms with Gasteiger partial charge in [0.2, 0.25) is 11.8 Å². The summed E-state index contributed by atoms with van der Waals surface area (Å²) in [6.07, 6.45) is 0.548. The molecule has 1 aliphatic heterocycles. The fourth-order valence-electron chi connectivity index (χ4n) is 3.48. The second-order valence-corrected chi connectivity index (χ2v) is 8.55. The number of rotatable bonds is 7. The quantitative estimate of drug-likeness (QED) is 0.708. The van der Waals surface area contributed by atoms with E-state index >= 15 is 0 Å². The number of benzene rings is 2. The lowest BCUT2D eigenvalue weighted by Gasteiger charge is -2.34. The Morgan fingerprint density at radius 1 is 0.931 bits per heavy atom. The Bertz CT molecular complexity index is 813. The van der Waals surface area contributed by atoms with Gasteiger partial charge in [0, 0.05) is 48.9 Å². The van der Waals surface area contributed by atoms with Crippen molar-refractivity contribution in [3.8, 4) is 0 Å². The van der Waals surface area contributed by atoms with Crippen LogP contribution in [-0.2, 0) is 9.59 Å². The lowest BCUT2D eigenvalue weighted by atomic mass is 10.1. The smallest absolute Gasteiger partial charge is 0.238 e. The van der Waals surface area contributed by atoms with E-state index in [1.54, 1.807) is 11.8 Å². The van der Waals surface area contributed by atoms with Crippen LogP contribution in [0.3, 0.4) is 0 Å². The molecule has 1 fully saturated rings. The second-order valence-electron chi connectivity index (χ2n) is 7.38. The molecule has 1 aliphatic rings. The Hall–Kier alpha value is -2.31. The maximum atomic E-state index is 12.4. The molecule has 5 nitrogen and oxygen atoms in total. The Morgan fingerprint density at radius 3 is 2.24 bits per heavy atom. The van der Waals surface area contributed by atoms with E-state index in [0.29, 0.717) is 26.1 Å². The molecule has 0 saturated carbocycles. The van der Waals surface area contributed by atoms with Crippen LogP contribution < -0.4 is 5.32 Å². The minimum atomic E-state index is 0.00133. The van der Waals surface area contributed by atoms with E-state index in [1.165, 1.54) is 4.90 Å². The van der Waals surface area contributed by atoms with E-state index in [2.05, 4.69) is 22.3 Å². The first-order chi connectivity index (χ1) is 14.0. The van der Waals surface area contributed by atoms with Gasteiger partial charge >= 0.3 is 0 Å². The fourth-order valence-corrected chi connectivity index (χ4v) is 4.34. The molecule has 2 amide bonds. The molecule has 0 unspecified atom stereocenters. The van der Waals surface area contributed by atoms with Crippen LogP contribution in [0.1, 0.15) is 17.5 Å². The number of aryl methyl sites for hydroxylation is 2. The Kier molecular flexibility index (Phi) is 7.72. The van der Waals surface area contributed by atoms with Gasteiger partial charge in [-0.05, 0) is 37.1 Å². The van der Waals surface area contributed by atoms with Gasteiger partial charge in [-0.1, -0.05) is 36.4 Å². The Balaban J connectivity index is 1.38. The number of piperazine rings is 1. The molecule has 1 heterocycles. The summed E-state index contributed by atoms with van der Waals surface area (Å²) >= 11 is 1.71. The number of amides is 2. The normalized spacial score (nSPS) is 14.6. The van der Waals surface area contributed by atoms with Crippen molar-refractivity contribution in [1.29, 1.82) is 0 Å². The molecular weight excluding hydrogens is 382 g/mol. The van der Waals surface area contributed by atoms with E-state index in [4.69, 9.17) is 0 Å². The predicted molar refractivity (Wildman–Crippen MR) is 119 cm³/mol. The van der Waals surface area contributed by atoms with Crippen molar-refractivity contribution in [3.05, 3.63) is 59.7 Å². The molecule has 1 saturated heterocycles. The largest absolute Gasteiger partial charge is 0.340 e. The third kappa shape index (κ3) is 6.34. The fraction of sp³-hybridized carbons (Fsp3) is 0.391. The lowest BCUT2D eigenvalue weighted by molar-refractivity contribution is -0.132. The average Bonchev–Trinajstić information content (AvgIpc) is 2.72. The summed E-state index contributed by atoms with van der Waals surface area (Å²) in [6.45, 7) is 7.21. The molecule has 2 aromatic carbocycles. The molecular formula is C23H29N3O2S. The number of hydrogen-bond donors (Lipinski definition) is 1. The zero-order valence-corrected chi connectivity index (χ0v) is 18.0. The van der Waals surface area contributed by atoms with Crippen LogP contribution in [-0.4, -0.2) is 60.1 Å². The SMILES string of the molecule is Cc1cccc(C)c1NC(=O)CN1CCN(C(=O)CCSc2ccccc2)CC1. The first-order valence-electron chi connectivity index (χ1n) is 10.1. The maximum absolute atomic E-state index is 12.4. The monoisotopic (exact) mass is 411 g/mol. The molecule has 6 heteroatoms. The molecule has 0 bridgehead atoms. The van der Waals surface area contributed by atoms with Gasteiger partial charge in [0.25, 0.3) is 0 Å². The number of carbonyl (C=O) groups is 2. The number of nitrogens with zero attached hydrogens (tertiary/aromatic N) is 2. The first kappa shape index (κ1) is 21.4. The maximum Gasteiger partial charge on any atom is 0.238 e. The van der Waals surface area contributed by atoms with E-state index in [-0.39, 0.29) is 11.8 Å². The molecule has 0 aliphatic carbocycles. The van der Waals surface area contributed by atoms with E-state index in [0.717, 1.165) is 35.7 Å². The van der Waals surface area contributed by atoms with Crippen molar-refractivity contribution < 1.29 is 9.59 Å². The number of anilines is 1. The van der Waals surface area contributed by atoms with E-state index < -0.39 is 0 Å². The van der Waals surface area contributed by atoms with Crippen LogP contribution in [0.2, 0.25) is 0 Å². The van der Waals surface area contributed by atoms with Gasteiger partial charge in [0.05, 0.1) is 6.54 Å². The Morgan fingerprint density at radius 2 is 1.59 bits per heavy atom. The molecule has 2 aromatic rings. The summed E-state index contributed by atoms with van der Waals surface area (Å²) in [6, 6.07) is 16.2. The van der Waals surface area contributed by atoms with Crippen LogP contribution >= 0.6 is 11.8 Å². The molecule has 0 radical (unpaired) electrons. The molecule has 1 N–H and O–H groups in total. The van der Waals surface area contributed by atoms with Gasteiger partial charge in [0.15, 0.2) is 0 Å². The highest BCUT2D eigenvalue weighted by molar-refractivity contribution is 7.99. The van der Waals surface area contributed by atoms with Gasteiger partial charge in [-0.2, -0.15) is 0 Å². The number of hydrogen-bond acceptors (Lipinski definition) is 4. The molecule has 0 atom stereocenters. The zero-order valence-electron chi connectivity index (χ0n) is 17.2. The van der Waals surface area contributed by atoms with Crippen LogP contribution in [0.15, 0.2) is 53.4 Å². The van der Waals surface area contributed by atoms with Gasteiger partial charge in [0.1, 0.15) is 0 Å². The summed E-state index contributed by atoms with van der Waals surface area (Å²) < 4.78 is 0. The van der Waals surface area contributed by atoms with Crippen molar-refractivity contribution in [2.45, 2.75) is 25.2 Å². The van der Waals surface area contributed by atoms with Crippen LogP contribution in [0.4, 0.5) is 5.69 Å². The summed E-state index contributed by atoms with van der Waals surface area (Å²) in [5, 5.41) is 3.04. The molecule has 154 valence electrons. The standard InChI is InChI=1S/C23H29N3O2S/c1-18-7-6-8-19(2)23(18)24-21(27)17-25-12-14-26(15-13-25)22(28)11-16-29-20-9-4-3-5-10-20/h3-10H,11-17H2,1-2H3,(H,24,27). The zero-order chi connectivity index (χ0) is 20.6. The van der Waals surface area contributed by atoms with Crippen molar-refractivity contribution >= 4 is 29.3 Å². The molecule has 0 spiro atoms. The van der Waals surface area contributed by atoms with Crippen LogP contribution in [0.25, 0.3) is 0 Å². The summed E-state index contributed by atoms with van der Waals surface area (Å²) in [5.74, 6) is 0.996. The van der Waals surface area contributed by atoms with Gasteiger partial charge in [-0.25, -0.2) is 0 Å². The van der Waals surface area contributed by atoms with Crippen molar-refractivity contribution in [1.82, 2.24) is 9.80 Å². The third-order valence-corrected chi connectivity index (χ3v) is 6.18. The second kappa shape index (κ2) is 10.5. The van der Waals surface area contributed by atoms with E-state index in [9.17, 15) is 9.59 Å². The lowest BCUT2D eigenvalue weighted by Crippen LogP contribution is -2.50. The van der Waals surface area contributed by atoms with Crippen LogP contribution in [0.5, 0.6) is 0 Å².